The molecule has 1 aromatic carbocycles. The zero-order valence-electron chi connectivity index (χ0n) is 12.3. The maximum absolute atomic E-state index is 11.4. The number of benzene rings is 1. The Labute approximate surface area is 119 Å². The number of fused-ring (bicyclic) bond motifs is 3. The van der Waals surface area contributed by atoms with Crippen LogP contribution in [-0.2, 0) is 13.0 Å². The van der Waals surface area contributed by atoms with Gasteiger partial charge in [0, 0.05) is 28.7 Å². The van der Waals surface area contributed by atoms with Crippen LogP contribution < -0.4 is 5.73 Å². The fourth-order valence-corrected chi connectivity index (χ4v) is 3.61. The van der Waals surface area contributed by atoms with E-state index in [-0.39, 0.29) is 5.91 Å². The number of primary amides is 1. The van der Waals surface area contributed by atoms with E-state index >= 15 is 0 Å². The molecule has 0 saturated heterocycles. The maximum atomic E-state index is 11.4. The van der Waals surface area contributed by atoms with Crippen molar-refractivity contribution >= 4 is 16.8 Å². The molecule has 0 bridgehead atoms. The Morgan fingerprint density at radius 3 is 2.95 bits per heavy atom. The molecule has 0 aliphatic heterocycles. The molecule has 20 heavy (non-hydrogen) atoms. The molecule has 1 unspecified atom stereocenters. The van der Waals surface area contributed by atoms with Crippen molar-refractivity contribution in [3.63, 3.8) is 0 Å². The zero-order valence-corrected chi connectivity index (χ0v) is 12.3. The van der Waals surface area contributed by atoms with Crippen molar-refractivity contribution in [3.8, 4) is 0 Å². The smallest absolute Gasteiger partial charge is 0.248 e. The molecule has 3 nitrogen and oxygen atoms in total. The van der Waals surface area contributed by atoms with Crippen LogP contribution in [0.4, 0.5) is 0 Å². The Morgan fingerprint density at radius 2 is 2.25 bits per heavy atom. The van der Waals surface area contributed by atoms with Gasteiger partial charge in [-0.2, -0.15) is 0 Å². The molecule has 0 saturated carbocycles. The quantitative estimate of drug-likeness (QED) is 0.910. The number of aryl methyl sites for hydroxylation is 2. The van der Waals surface area contributed by atoms with Crippen molar-refractivity contribution in [2.75, 3.05) is 0 Å². The van der Waals surface area contributed by atoms with Crippen LogP contribution >= 0.6 is 0 Å². The lowest BCUT2D eigenvalue weighted by Gasteiger charge is -2.22. The summed E-state index contributed by atoms with van der Waals surface area (Å²) in [5.74, 6) is 0.266. The van der Waals surface area contributed by atoms with Crippen molar-refractivity contribution in [3.05, 3.63) is 35.0 Å². The highest BCUT2D eigenvalue weighted by Crippen LogP contribution is 2.38. The SMILES string of the molecule is CCCn1c2c(c3cc(C(N)=O)ccc31)CCCC2C. The maximum Gasteiger partial charge on any atom is 0.248 e. The van der Waals surface area contributed by atoms with Crippen LogP contribution in [0, 0.1) is 0 Å². The van der Waals surface area contributed by atoms with E-state index in [1.807, 2.05) is 12.1 Å². The highest BCUT2D eigenvalue weighted by Gasteiger charge is 2.24. The first-order valence-electron chi connectivity index (χ1n) is 7.58. The van der Waals surface area contributed by atoms with Gasteiger partial charge in [0.1, 0.15) is 0 Å². The van der Waals surface area contributed by atoms with Gasteiger partial charge in [-0.05, 0) is 55.4 Å². The number of rotatable bonds is 3. The van der Waals surface area contributed by atoms with Gasteiger partial charge in [0.15, 0.2) is 0 Å². The van der Waals surface area contributed by atoms with Crippen molar-refractivity contribution in [2.45, 2.75) is 52.0 Å². The molecule has 106 valence electrons. The fraction of sp³-hybridized carbons (Fsp3) is 0.471. The van der Waals surface area contributed by atoms with Gasteiger partial charge in [0.05, 0.1) is 0 Å². The molecule has 0 radical (unpaired) electrons. The summed E-state index contributed by atoms with van der Waals surface area (Å²) in [5, 5.41) is 1.23. The number of hydrogen-bond donors (Lipinski definition) is 1. The summed E-state index contributed by atoms with van der Waals surface area (Å²) in [6, 6.07) is 5.91. The van der Waals surface area contributed by atoms with Crippen molar-refractivity contribution in [1.29, 1.82) is 0 Å². The predicted octanol–water partition coefficient (Wildman–Crippen LogP) is 3.59. The summed E-state index contributed by atoms with van der Waals surface area (Å²) < 4.78 is 2.46. The summed E-state index contributed by atoms with van der Waals surface area (Å²) in [6.07, 6.45) is 4.74. The second kappa shape index (κ2) is 4.97. The summed E-state index contributed by atoms with van der Waals surface area (Å²) in [7, 11) is 0. The molecule has 1 aliphatic rings. The predicted molar refractivity (Wildman–Crippen MR) is 82.1 cm³/mol. The van der Waals surface area contributed by atoms with Crippen molar-refractivity contribution < 1.29 is 4.79 Å². The van der Waals surface area contributed by atoms with E-state index in [2.05, 4.69) is 24.5 Å². The average molecular weight is 270 g/mol. The van der Waals surface area contributed by atoms with Crippen LogP contribution in [0.5, 0.6) is 0 Å². The topological polar surface area (TPSA) is 48.0 Å². The fourth-order valence-electron chi connectivity index (χ4n) is 3.61. The summed E-state index contributed by atoms with van der Waals surface area (Å²) in [4.78, 5) is 11.4. The highest BCUT2D eigenvalue weighted by atomic mass is 16.1. The number of carbonyl (C=O) groups excluding carboxylic acids is 1. The minimum absolute atomic E-state index is 0.340. The summed E-state index contributed by atoms with van der Waals surface area (Å²) >= 11 is 0. The Bertz CT molecular complexity index is 669. The van der Waals surface area contributed by atoms with Gasteiger partial charge in [-0.3, -0.25) is 4.79 Å². The number of hydrogen-bond acceptors (Lipinski definition) is 1. The molecular formula is C17H22N2O. The molecular weight excluding hydrogens is 248 g/mol. The molecule has 1 heterocycles. The second-order valence-corrected chi connectivity index (χ2v) is 5.90. The number of carbonyl (C=O) groups is 1. The molecule has 2 aromatic rings. The first kappa shape index (κ1) is 13.2. The molecule has 0 fully saturated rings. The lowest BCUT2D eigenvalue weighted by molar-refractivity contribution is 0.100. The van der Waals surface area contributed by atoms with E-state index < -0.39 is 0 Å². The Hall–Kier alpha value is -1.77. The van der Waals surface area contributed by atoms with Crippen LogP contribution in [0.2, 0.25) is 0 Å². The van der Waals surface area contributed by atoms with E-state index in [0.717, 1.165) is 19.4 Å². The van der Waals surface area contributed by atoms with Crippen molar-refractivity contribution in [2.24, 2.45) is 5.73 Å². The third-order valence-electron chi connectivity index (χ3n) is 4.47. The summed E-state index contributed by atoms with van der Waals surface area (Å²) in [5.41, 5.74) is 10.2. The number of nitrogens with zero attached hydrogens (tertiary/aromatic N) is 1. The minimum Gasteiger partial charge on any atom is -0.366 e. The van der Waals surface area contributed by atoms with Gasteiger partial charge in [-0.1, -0.05) is 13.8 Å². The van der Waals surface area contributed by atoms with Crippen LogP contribution in [-0.4, -0.2) is 10.5 Å². The Kier molecular flexibility index (Phi) is 3.28. The van der Waals surface area contributed by atoms with Gasteiger partial charge in [-0.15, -0.1) is 0 Å². The van der Waals surface area contributed by atoms with Crippen LogP contribution in [0.25, 0.3) is 10.9 Å². The van der Waals surface area contributed by atoms with Crippen LogP contribution in [0.3, 0.4) is 0 Å². The molecule has 3 heteroatoms. The molecule has 3 rings (SSSR count). The number of aromatic nitrogens is 1. The van der Waals surface area contributed by atoms with Gasteiger partial charge >= 0.3 is 0 Å². The lowest BCUT2D eigenvalue weighted by atomic mass is 9.87. The molecule has 1 aromatic heterocycles. The number of amides is 1. The van der Waals surface area contributed by atoms with Crippen molar-refractivity contribution in [1.82, 2.24) is 4.57 Å². The van der Waals surface area contributed by atoms with Crippen LogP contribution in [0.15, 0.2) is 18.2 Å². The lowest BCUT2D eigenvalue weighted by Crippen LogP contribution is -2.11. The first-order chi connectivity index (χ1) is 9.63. The third kappa shape index (κ3) is 1.92. The van der Waals surface area contributed by atoms with E-state index in [1.54, 1.807) is 0 Å². The summed E-state index contributed by atoms with van der Waals surface area (Å²) in [6.45, 7) is 5.58. The van der Waals surface area contributed by atoms with Gasteiger partial charge in [0.25, 0.3) is 0 Å². The third-order valence-corrected chi connectivity index (χ3v) is 4.47. The minimum atomic E-state index is -0.340. The molecule has 1 atom stereocenters. The first-order valence-corrected chi connectivity index (χ1v) is 7.58. The molecule has 2 N–H and O–H groups in total. The number of nitrogens with two attached hydrogens (primary N) is 1. The normalized spacial score (nSPS) is 18.2. The van der Waals surface area contributed by atoms with E-state index in [9.17, 15) is 4.79 Å². The standard InChI is InChI=1S/C17H22N2O/c1-3-9-19-15-8-7-12(17(18)20)10-14(15)13-6-4-5-11(2)16(13)19/h7-8,10-11H,3-6,9H2,1-2H3,(H2,18,20). The molecule has 1 amide bonds. The van der Waals surface area contributed by atoms with Gasteiger partial charge in [-0.25, -0.2) is 0 Å². The van der Waals surface area contributed by atoms with E-state index in [0.29, 0.717) is 11.5 Å². The van der Waals surface area contributed by atoms with E-state index in [1.165, 1.54) is 35.0 Å². The van der Waals surface area contributed by atoms with Gasteiger partial charge in [0.2, 0.25) is 5.91 Å². The average Bonchev–Trinajstić information content (AvgIpc) is 2.75. The Morgan fingerprint density at radius 1 is 1.45 bits per heavy atom. The largest absolute Gasteiger partial charge is 0.366 e. The van der Waals surface area contributed by atoms with Gasteiger partial charge < -0.3 is 10.3 Å². The van der Waals surface area contributed by atoms with Crippen LogP contribution in [0.1, 0.15) is 60.6 Å². The van der Waals surface area contributed by atoms with E-state index in [4.69, 9.17) is 5.73 Å². The zero-order chi connectivity index (χ0) is 14.3. The monoisotopic (exact) mass is 270 g/mol. The molecule has 0 spiro atoms. The molecule has 1 aliphatic carbocycles. The Balaban J connectivity index is 2.30. The second-order valence-electron chi connectivity index (χ2n) is 5.90. The highest BCUT2D eigenvalue weighted by molar-refractivity contribution is 5.98.